The van der Waals surface area contributed by atoms with Gasteiger partial charge < -0.3 is 36.9 Å². The third kappa shape index (κ3) is 6.13. The van der Waals surface area contributed by atoms with Gasteiger partial charge in [0.1, 0.15) is 0 Å². The number of ether oxygens (including phenoxy) is 2. The summed E-state index contributed by atoms with van der Waals surface area (Å²) >= 11 is 0. The number of nitrogens with zero attached hydrogens (tertiary/aromatic N) is 1. The Labute approximate surface area is 270 Å². The largest absolute Gasteiger partial charge is 0.463 e. The van der Waals surface area contributed by atoms with Gasteiger partial charge in [0.2, 0.25) is 5.78 Å². The monoisotopic (exact) mass is 630 g/mol. The number of nitrogens with two attached hydrogens (primary N) is 2. The summed E-state index contributed by atoms with van der Waals surface area (Å²) in [6.07, 6.45) is 12.4. The molecule has 2 aliphatic carbocycles. The minimum Gasteiger partial charge on any atom is -0.463 e. The molecule has 0 unspecified atom stereocenters. The van der Waals surface area contributed by atoms with Crippen molar-refractivity contribution in [1.82, 2.24) is 16.0 Å². The van der Waals surface area contributed by atoms with Gasteiger partial charge in [-0.2, -0.15) is 0 Å². The van der Waals surface area contributed by atoms with Gasteiger partial charge in [-0.15, -0.1) is 0 Å². The number of hydrogen-bond acceptors (Lipinski definition) is 9. The van der Waals surface area contributed by atoms with Crippen molar-refractivity contribution < 1.29 is 23.9 Å². The quantitative estimate of drug-likeness (QED) is 0.0577. The summed E-state index contributed by atoms with van der Waals surface area (Å²) in [6, 6.07) is 6.36. The molecule has 0 radical (unpaired) electrons. The van der Waals surface area contributed by atoms with Crippen LogP contribution in [0.1, 0.15) is 67.2 Å². The summed E-state index contributed by atoms with van der Waals surface area (Å²) in [4.78, 5) is 46.1. The number of rotatable bonds is 12. The van der Waals surface area contributed by atoms with Crippen LogP contribution < -0.4 is 27.4 Å². The second-order valence-electron chi connectivity index (χ2n) is 12.5. The number of aliphatic imine (C=N–C) groups is 1. The van der Waals surface area contributed by atoms with Crippen LogP contribution in [0, 0.1) is 11.8 Å². The summed E-state index contributed by atoms with van der Waals surface area (Å²) in [6.45, 7) is 7.56. The third-order valence-electron chi connectivity index (χ3n) is 9.54. The number of benzene rings is 1. The number of likely N-dealkylation sites (N-methyl/N-ethyl adjacent to an activating group) is 1. The van der Waals surface area contributed by atoms with Crippen LogP contribution in [0.5, 0.6) is 0 Å². The minimum absolute atomic E-state index is 0.0274. The number of guanidine groups is 1. The van der Waals surface area contributed by atoms with Crippen molar-refractivity contribution in [2.75, 3.05) is 26.7 Å². The predicted octanol–water partition coefficient (Wildman–Crippen LogP) is 2.66. The first-order valence-corrected chi connectivity index (χ1v) is 16.1. The Balaban J connectivity index is 1.40. The van der Waals surface area contributed by atoms with Gasteiger partial charge in [-0.25, -0.2) is 4.79 Å². The fourth-order valence-corrected chi connectivity index (χ4v) is 6.85. The summed E-state index contributed by atoms with van der Waals surface area (Å²) in [7, 11) is 1.60. The molecule has 1 saturated heterocycles. The Morgan fingerprint density at radius 1 is 1.22 bits per heavy atom. The topological polar surface area (TPSA) is 173 Å². The van der Waals surface area contributed by atoms with Crippen molar-refractivity contribution in [3.05, 3.63) is 82.7 Å². The van der Waals surface area contributed by atoms with Crippen LogP contribution in [-0.4, -0.2) is 73.5 Å². The van der Waals surface area contributed by atoms with E-state index in [0.717, 1.165) is 30.5 Å². The molecule has 0 spiro atoms. The molecule has 0 saturated carbocycles. The molecule has 246 valence electrons. The fourth-order valence-electron chi connectivity index (χ4n) is 6.85. The summed E-state index contributed by atoms with van der Waals surface area (Å²) in [5, 5.41) is 9.74. The van der Waals surface area contributed by atoms with Gasteiger partial charge >= 0.3 is 5.97 Å². The Bertz CT molecular complexity index is 1530. The summed E-state index contributed by atoms with van der Waals surface area (Å²) in [5.74, 6) is -0.508. The highest BCUT2D eigenvalue weighted by Crippen LogP contribution is 2.58. The van der Waals surface area contributed by atoms with Gasteiger partial charge in [0.05, 0.1) is 18.5 Å². The number of esters is 1. The molecule has 1 aromatic carbocycles. The number of allylic oxidation sites excluding steroid dienone is 1. The lowest BCUT2D eigenvalue weighted by Gasteiger charge is -2.32. The molecule has 5 rings (SSSR count). The number of ketones is 2. The van der Waals surface area contributed by atoms with Crippen LogP contribution in [0.25, 0.3) is 0 Å². The SMILES string of the molecule is CCN[C@@H]1C=C[C@@H](CC)C[C@H]1COC(=O)[C@]12O[C@@]1(C/C=C(\C)C[C@@H](NC(N)=NC)C1=CCNC(N)=C1)C(=O)c1ccccc1C2=O. The molecule has 7 N–H and O–H groups in total. The maximum Gasteiger partial charge on any atom is 0.350 e. The standard InChI is InChI=1S/C35H46N6O5/c1-5-22-11-12-27(39-6-2)24(18-22)20-45-32(44)35-31(43)26-10-8-7-9-25(26)30(42)34(35,46-35)15-13-21(3)17-28(41-33(37)38-4)23-14-16-40-29(36)19-23/h7-14,19,22,24,27-28,39-40H,5-6,15-18,20,36H2,1-4H3,(H3,37,38,41)/b21-13+/t22-,24+,27-,28-,34+,35+/m1/s1. The van der Waals surface area contributed by atoms with Crippen LogP contribution >= 0.6 is 0 Å². The first-order valence-electron chi connectivity index (χ1n) is 16.1. The highest BCUT2D eigenvalue weighted by Gasteiger charge is 2.85. The van der Waals surface area contributed by atoms with Crippen LogP contribution in [0.4, 0.5) is 0 Å². The van der Waals surface area contributed by atoms with E-state index in [1.165, 1.54) is 0 Å². The highest BCUT2D eigenvalue weighted by molar-refractivity contribution is 6.32. The summed E-state index contributed by atoms with van der Waals surface area (Å²) in [5.41, 5.74) is 10.6. The van der Waals surface area contributed by atoms with Crippen LogP contribution in [0.3, 0.4) is 0 Å². The lowest BCUT2D eigenvalue weighted by molar-refractivity contribution is -0.149. The van der Waals surface area contributed by atoms with E-state index in [1.807, 2.05) is 32.1 Å². The minimum atomic E-state index is -2.02. The number of fused-ring (bicyclic) bond motifs is 2. The Morgan fingerprint density at radius 2 is 1.96 bits per heavy atom. The Hall–Kier alpha value is -4.22. The van der Waals surface area contributed by atoms with Gasteiger partial charge in [0.25, 0.3) is 5.60 Å². The lowest BCUT2D eigenvalue weighted by Crippen LogP contribution is -2.51. The van der Waals surface area contributed by atoms with Crippen molar-refractivity contribution >= 4 is 23.5 Å². The average Bonchev–Trinajstić information content (AvgIpc) is 3.77. The zero-order valence-corrected chi connectivity index (χ0v) is 27.1. The van der Waals surface area contributed by atoms with E-state index in [0.29, 0.717) is 24.7 Å². The number of carbonyl (C=O) groups excluding carboxylic acids is 3. The van der Waals surface area contributed by atoms with Gasteiger partial charge in [0, 0.05) is 43.1 Å². The molecule has 6 atom stereocenters. The molecule has 11 heteroatoms. The second kappa shape index (κ2) is 13.6. The van der Waals surface area contributed by atoms with E-state index in [-0.39, 0.29) is 48.1 Å². The number of Topliss-reactive ketones (excluding diaryl/α,β-unsaturated/α-hetero) is 2. The van der Waals surface area contributed by atoms with Crippen LogP contribution in [0.2, 0.25) is 0 Å². The van der Waals surface area contributed by atoms with Crippen molar-refractivity contribution in [3.8, 4) is 0 Å². The molecule has 0 bridgehead atoms. The Kier molecular flexibility index (Phi) is 9.83. The van der Waals surface area contributed by atoms with Crippen molar-refractivity contribution in [1.29, 1.82) is 0 Å². The molecule has 0 amide bonds. The molecule has 4 aliphatic rings. The second-order valence-corrected chi connectivity index (χ2v) is 12.5. The van der Waals surface area contributed by atoms with E-state index < -0.39 is 28.7 Å². The van der Waals surface area contributed by atoms with E-state index in [4.69, 9.17) is 20.9 Å². The predicted molar refractivity (Wildman–Crippen MR) is 177 cm³/mol. The van der Waals surface area contributed by atoms with Gasteiger partial charge in [-0.05, 0) is 50.3 Å². The van der Waals surface area contributed by atoms with Gasteiger partial charge in [0.15, 0.2) is 17.3 Å². The van der Waals surface area contributed by atoms with Gasteiger partial charge in [-0.1, -0.05) is 68.0 Å². The normalized spacial score (nSPS) is 29.5. The van der Waals surface area contributed by atoms with E-state index in [9.17, 15) is 14.4 Å². The number of hydrogen-bond donors (Lipinski definition) is 5. The van der Waals surface area contributed by atoms with Crippen molar-refractivity contribution in [3.63, 3.8) is 0 Å². The first kappa shape index (κ1) is 33.2. The summed E-state index contributed by atoms with van der Waals surface area (Å²) < 4.78 is 12.0. The number of dihydropyridines is 1. The lowest BCUT2D eigenvalue weighted by atomic mass is 9.72. The molecular weight excluding hydrogens is 584 g/mol. The van der Waals surface area contributed by atoms with Crippen molar-refractivity contribution in [2.24, 2.45) is 28.3 Å². The smallest absolute Gasteiger partial charge is 0.350 e. The van der Waals surface area contributed by atoms with Crippen LogP contribution in [-0.2, 0) is 14.3 Å². The molecule has 11 nitrogen and oxygen atoms in total. The zero-order chi connectivity index (χ0) is 33.1. The van der Waals surface area contributed by atoms with Gasteiger partial charge in [-0.3, -0.25) is 14.6 Å². The molecule has 46 heavy (non-hydrogen) atoms. The third-order valence-corrected chi connectivity index (χ3v) is 9.54. The number of epoxide rings is 1. The molecule has 0 aromatic heterocycles. The zero-order valence-electron chi connectivity index (χ0n) is 27.1. The Morgan fingerprint density at radius 3 is 2.63 bits per heavy atom. The highest BCUT2D eigenvalue weighted by atomic mass is 16.7. The maximum absolute atomic E-state index is 14.0. The molecular formula is C35H46N6O5. The molecule has 1 aromatic rings. The molecule has 2 heterocycles. The van der Waals surface area contributed by atoms with Crippen LogP contribution in [0.15, 0.2) is 76.6 Å². The first-order chi connectivity index (χ1) is 22.1. The fraction of sp³-hybridized carbons (Fsp3) is 0.486. The number of nitrogens with one attached hydrogen (secondary N) is 3. The molecule has 1 fully saturated rings. The van der Waals surface area contributed by atoms with E-state index in [2.05, 4.69) is 40.0 Å². The van der Waals surface area contributed by atoms with E-state index in [1.54, 1.807) is 31.3 Å². The van der Waals surface area contributed by atoms with E-state index >= 15 is 0 Å². The molecule has 2 aliphatic heterocycles. The maximum atomic E-state index is 14.0. The average molecular weight is 631 g/mol. The van der Waals surface area contributed by atoms with Crippen molar-refractivity contribution in [2.45, 2.75) is 69.7 Å². The number of carbonyl (C=O) groups is 3.